The van der Waals surface area contributed by atoms with E-state index >= 15 is 0 Å². The second kappa shape index (κ2) is 7.70. The molecule has 0 aliphatic rings. The second-order valence-corrected chi connectivity index (χ2v) is 6.67. The third kappa shape index (κ3) is 3.97. The zero-order chi connectivity index (χ0) is 19.5. The third-order valence-electron chi connectivity index (χ3n) is 4.22. The first-order valence-electron chi connectivity index (χ1n) is 8.62. The summed E-state index contributed by atoms with van der Waals surface area (Å²) in [6.07, 6.45) is 1.58. The molecule has 2 amide bonds. The van der Waals surface area contributed by atoms with E-state index in [1.807, 2.05) is 42.5 Å². The molecule has 0 atom stereocenters. The van der Waals surface area contributed by atoms with E-state index in [9.17, 15) is 9.18 Å². The quantitative estimate of drug-likeness (QED) is 0.478. The monoisotopic (exact) mass is 394 g/mol. The number of urea groups is 1. The van der Waals surface area contributed by atoms with Crippen LogP contribution in [0.4, 0.5) is 20.7 Å². The number of halogens is 2. The molecule has 28 heavy (non-hydrogen) atoms. The fourth-order valence-electron chi connectivity index (χ4n) is 2.98. The zero-order valence-corrected chi connectivity index (χ0v) is 15.4. The molecule has 0 fully saturated rings. The number of amides is 2. The summed E-state index contributed by atoms with van der Waals surface area (Å²) in [5, 5.41) is 12.0. The Kier molecular flexibility index (Phi) is 4.95. The molecule has 0 aliphatic carbocycles. The highest BCUT2D eigenvalue weighted by molar-refractivity contribution is 6.33. The first-order chi connectivity index (χ1) is 13.6. The van der Waals surface area contributed by atoms with Crippen LogP contribution in [0.1, 0.15) is 5.56 Å². The minimum absolute atomic E-state index is 0.232. The van der Waals surface area contributed by atoms with Gasteiger partial charge in [-0.2, -0.15) is 5.10 Å². The van der Waals surface area contributed by atoms with Crippen molar-refractivity contribution in [2.24, 2.45) is 0 Å². The normalized spacial score (nSPS) is 10.8. The highest BCUT2D eigenvalue weighted by Crippen LogP contribution is 2.24. The molecule has 5 nitrogen and oxygen atoms in total. The summed E-state index contributed by atoms with van der Waals surface area (Å²) in [6.45, 7) is 0.337. The Morgan fingerprint density at radius 1 is 1.04 bits per heavy atom. The number of nitrogens with one attached hydrogen (secondary N) is 2. The summed E-state index contributed by atoms with van der Waals surface area (Å²) in [6, 6.07) is 19.2. The van der Waals surface area contributed by atoms with E-state index in [1.54, 1.807) is 23.0 Å². The molecule has 0 aliphatic heterocycles. The van der Waals surface area contributed by atoms with Crippen molar-refractivity contribution in [3.05, 3.63) is 89.3 Å². The van der Waals surface area contributed by atoms with Crippen molar-refractivity contribution in [3.8, 4) is 0 Å². The average Bonchev–Trinajstić information content (AvgIpc) is 3.00. The molecule has 0 bridgehead atoms. The summed E-state index contributed by atoms with van der Waals surface area (Å²) in [7, 11) is 0. The van der Waals surface area contributed by atoms with Gasteiger partial charge in [0.1, 0.15) is 10.8 Å². The van der Waals surface area contributed by atoms with Crippen LogP contribution in [-0.2, 0) is 6.54 Å². The van der Waals surface area contributed by atoms with Crippen molar-refractivity contribution < 1.29 is 9.18 Å². The minimum atomic E-state index is -0.450. The van der Waals surface area contributed by atoms with E-state index in [0.717, 1.165) is 16.3 Å². The van der Waals surface area contributed by atoms with Gasteiger partial charge in [-0.05, 0) is 29.1 Å². The summed E-state index contributed by atoms with van der Waals surface area (Å²) < 4.78 is 14.9. The Balaban J connectivity index is 1.48. The summed E-state index contributed by atoms with van der Waals surface area (Å²) in [4.78, 5) is 12.4. The first kappa shape index (κ1) is 18.0. The largest absolute Gasteiger partial charge is 0.324 e. The van der Waals surface area contributed by atoms with Crippen molar-refractivity contribution in [1.29, 1.82) is 0 Å². The van der Waals surface area contributed by atoms with Gasteiger partial charge < -0.3 is 5.32 Å². The number of benzene rings is 3. The molecular weight excluding hydrogens is 379 g/mol. The first-order valence-corrected chi connectivity index (χ1v) is 8.99. The van der Waals surface area contributed by atoms with Crippen LogP contribution in [0.25, 0.3) is 10.8 Å². The standard InChI is InChI=1S/C21H16ClFN4O/c22-18-13-27(12-14-5-3-8-16(23)11-14)26-20(18)25-21(28)24-19-10-4-7-15-6-1-2-9-17(15)19/h1-11,13H,12H2,(H2,24,25,26,28). The van der Waals surface area contributed by atoms with Crippen LogP contribution < -0.4 is 10.6 Å². The number of carbonyl (C=O) groups excluding carboxylic acids is 1. The number of anilines is 2. The molecule has 0 unspecified atom stereocenters. The van der Waals surface area contributed by atoms with E-state index in [0.29, 0.717) is 17.3 Å². The number of hydrogen-bond donors (Lipinski definition) is 2. The molecule has 140 valence electrons. The molecule has 0 spiro atoms. The maximum absolute atomic E-state index is 13.3. The van der Waals surface area contributed by atoms with Crippen molar-refractivity contribution in [1.82, 2.24) is 9.78 Å². The SMILES string of the molecule is O=C(Nc1nn(Cc2cccc(F)c2)cc1Cl)Nc1cccc2ccccc12. The highest BCUT2D eigenvalue weighted by atomic mass is 35.5. The van der Waals surface area contributed by atoms with Gasteiger partial charge in [-0.3, -0.25) is 10.00 Å². The second-order valence-electron chi connectivity index (χ2n) is 6.26. The van der Waals surface area contributed by atoms with Gasteiger partial charge in [0, 0.05) is 11.6 Å². The lowest BCUT2D eigenvalue weighted by Gasteiger charge is -2.09. The van der Waals surface area contributed by atoms with Crippen molar-refractivity contribution >= 4 is 39.9 Å². The number of carbonyl (C=O) groups is 1. The summed E-state index contributed by atoms with van der Waals surface area (Å²) in [5.41, 5.74) is 1.43. The van der Waals surface area contributed by atoms with Crippen LogP contribution in [-0.4, -0.2) is 15.8 Å². The van der Waals surface area contributed by atoms with Crippen molar-refractivity contribution in [2.75, 3.05) is 10.6 Å². The Labute approximate surface area is 165 Å². The number of rotatable bonds is 4. The van der Waals surface area contributed by atoms with Gasteiger partial charge in [0.15, 0.2) is 5.82 Å². The molecule has 1 heterocycles. The predicted octanol–water partition coefficient (Wildman–Crippen LogP) is 5.52. The van der Waals surface area contributed by atoms with Gasteiger partial charge in [0.2, 0.25) is 0 Å². The molecule has 4 rings (SSSR count). The Morgan fingerprint density at radius 3 is 2.68 bits per heavy atom. The minimum Gasteiger partial charge on any atom is -0.307 e. The topological polar surface area (TPSA) is 59.0 Å². The molecule has 0 radical (unpaired) electrons. The molecule has 4 aromatic rings. The number of aromatic nitrogens is 2. The van der Waals surface area contributed by atoms with Gasteiger partial charge >= 0.3 is 6.03 Å². The Morgan fingerprint density at radius 2 is 1.82 bits per heavy atom. The Bertz CT molecular complexity index is 1150. The van der Waals surface area contributed by atoms with Crippen LogP contribution in [0.2, 0.25) is 5.02 Å². The maximum atomic E-state index is 13.3. The lowest BCUT2D eigenvalue weighted by Crippen LogP contribution is -2.20. The van der Waals surface area contributed by atoms with E-state index in [4.69, 9.17) is 11.6 Å². The van der Waals surface area contributed by atoms with Crippen LogP contribution in [0, 0.1) is 5.82 Å². The van der Waals surface area contributed by atoms with Gasteiger partial charge in [0.25, 0.3) is 0 Å². The molecule has 3 aromatic carbocycles. The Hall–Kier alpha value is -3.38. The lowest BCUT2D eigenvalue weighted by atomic mass is 10.1. The number of hydrogen-bond acceptors (Lipinski definition) is 2. The fraction of sp³-hybridized carbons (Fsp3) is 0.0476. The molecule has 1 aromatic heterocycles. The van der Waals surface area contributed by atoms with E-state index < -0.39 is 6.03 Å². The fourth-order valence-corrected chi connectivity index (χ4v) is 3.18. The molecule has 7 heteroatoms. The number of nitrogens with zero attached hydrogens (tertiary/aromatic N) is 2. The zero-order valence-electron chi connectivity index (χ0n) is 14.7. The molecular formula is C21H16ClFN4O. The van der Waals surface area contributed by atoms with Crippen molar-refractivity contribution in [2.45, 2.75) is 6.54 Å². The van der Waals surface area contributed by atoms with E-state index in [-0.39, 0.29) is 11.6 Å². The number of fused-ring (bicyclic) bond motifs is 1. The van der Waals surface area contributed by atoms with Crippen LogP contribution in [0.15, 0.2) is 72.9 Å². The molecule has 0 saturated carbocycles. The van der Waals surface area contributed by atoms with Crippen LogP contribution in [0.5, 0.6) is 0 Å². The maximum Gasteiger partial charge on any atom is 0.324 e. The van der Waals surface area contributed by atoms with Gasteiger partial charge in [-0.1, -0.05) is 60.1 Å². The molecule has 0 saturated heterocycles. The van der Waals surface area contributed by atoms with E-state index in [2.05, 4.69) is 15.7 Å². The smallest absolute Gasteiger partial charge is 0.307 e. The summed E-state index contributed by atoms with van der Waals surface area (Å²) in [5.74, 6) is -0.0839. The van der Waals surface area contributed by atoms with E-state index in [1.165, 1.54) is 12.1 Å². The average molecular weight is 395 g/mol. The predicted molar refractivity (Wildman–Crippen MR) is 109 cm³/mol. The van der Waals surface area contributed by atoms with Gasteiger partial charge in [-0.15, -0.1) is 0 Å². The third-order valence-corrected chi connectivity index (χ3v) is 4.50. The van der Waals surface area contributed by atoms with Crippen molar-refractivity contribution in [3.63, 3.8) is 0 Å². The van der Waals surface area contributed by atoms with Crippen LogP contribution in [0.3, 0.4) is 0 Å². The van der Waals surface area contributed by atoms with Gasteiger partial charge in [-0.25, -0.2) is 9.18 Å². The van der Waals surface area contributed by atoms with Crippen LogP contribution >= 0.6 is 11.6 Å². The van der Waals surface area contributed by atoms with Gasteiger partial charge in [0.05, 0.1) is 12.2 Å². The highest BCUT2D eigenvalue weighted by Gasteiger charge is 2.12. The lowest BCUT2D eigenvalue weighted by molar-refractivity contribution is 0.262. The molecule has 2 N–H and O–H groups in total. The summed E-state index contributed by atoms with van der Waals surface area (Å²) >= 11 is 6.18.